The van der Waals surface area contributed by atoms with E-state index >= 15 is 0 Å². The number of ether oxygens (including phenoxy) is 1. The molecule has 21 heavy (non-hydrogen) atoms. The topological polar surface area (TPSA) is 67.6 Å². The van der Waals surface area contributed by atoms with E-state index in [1.54, 1.807) is 19.2 Å². The van der Waals surface area contributed by atoms with Gasteiger partial charge in [-0.15, -0.1) is 0 Å². The summed E-state index contributed by atoms with van der Waals surface area (Å²) in [6.45, 7) is 3.89. The van der Waals surface area contributed by atoms with E-state index in [9.17, 15) is 10.1 Å². The van der Waals surface area contributed by atoms with Crippen molar-refractivity contribution in [1.82, 2.24) is 10.2 Å². The monoisotopic (exact) mass is 293 g/mol. The van der Waals surface area contributed by atoms with Crippen molar-refractivity contribution in [3.8, 4) is 5.75 Å². The zero-order valence-electron chi connectivity index (χ0n) is 12.8. The summed E-state index contributed by atoms with van der Waals surface area (Å²) in [6, 6.07) is 5.72. The third-order valence-corrected chi connectivity index (χ3v) is 4.26. The molecule has 2 unspecified atom stereocenters. The average molecular weight is 293 g/mol. The molecule has 1 aliphatic rings. The van der Waals surface area contributed by atoms with Crippen LogP contribution < -0.4 is 10.1 Å². The van der Waals surface area contributed by atoms with Gasteiger partial charge >= 0.3 is 0 Å². The highest BCUT2D eigenvalue weighted by Crippen LogP contribution is 2.24. The molecule has 1 saturated heterocycles. The Bertz CT molecular complexity index is 507. The Balaban J connectivity index is 2.02. The van der Waals surface area contributed by atoms with Crippen molar-refractivity contribution in [1.29, 1.82) is 0 Å². The Morgan fingerprint density at radius 2 is 2.29 bits per heavy atom. The standard InChI is InChI=1S/C15H23N3O3/c1-11-8-13(6-7-17(11)2)16-10-12-9-14(18(19)20)4-5-15(12)21-3/h4-5,9,11,13,16H,6-8,10H2,1-3H3. The van der Waals surface area contributed by atoms with Crippen molar-refractivity contribution in [2.75, 3.05) is 20.7 Å². The van der Waals surface area contributed by atoms with Gasteiger partial charge in [0.05, 0.1) is 12.0 Å². The number of rotatable bonds is 5. The van der Waals surface area contributed by atoms with Crippen LogP contribution in [0.4, 0.5) is 5.69 Å². The van der Waals surface area contributed by atoms with Crippen LogP contribution >= 0.6 is 0 Å². The van der Waals surface area contributed by atoms with Gasteiger partial charge in [0.25, 0.3) is 5.69 Å². The molecular formula is C15H23N3O3. The minimum Gasteiger partial charge on any atom is -0.496 e. The fraction of sp³-hybridized carbons (Fsp3) is 0.600. The molecule has 116 valence electrons. The molecule has 6 nitrogen and oxygen atoms in total. The van der Waals surface area contributed by atoms with Crippen LogP contribution in [0, 0.1) is 10.1 Å². The molecule has 0 spiro atoms. The van der Waals surface area contributed by atoms with Gasteiger partial charge in [-0.05, 0) is 39.4 Å². The Hall–Kier alpha value is -1.66. The number of benzene rings is 1. The fourth-order valence-corrected chi connectivity index (χ4v) is 2.75. The van der Waals surface area contributed by atoms with Gasteiger partial charge in [-0.3, -0.25) is 10.1 Å². The fourth-order valence-electron chi connectivity index (χ4n) is 2.75. The van der Waals surface area contributed by atoms with E-state index in [0.29, 0.717) is 24.4 Å². The number of hydrogen-bond donors (Lipinski definition) is 1. The average Bonchev–Trinajstić information content (AvgIpc) is 2.48. The Morgan fingerprint density at radius 1 is 1.52 bits per heavy atom. The van der Waals surface area contributed by atoms with Crippen molar-refractivity contribution in [3.63, 3.8) is 0 Å². The molecule has 0 bridgehead atoms. The SMILES string of the molecule is COc1ccc([N+](=O)[O-])cc1CNC1CCN(C)C(C)C1. The molecule has 0 radical (unpaired) electrons. The highest BCUT2D eigenvalue weighted by molar-refractivity contribution is 5.43. The maximum absolute atomic E-state index is 10.9. The molecular weight excluding hydrogens is 270 g/mol. The number of nitrogens with zero attached hydrogens (tertiary/aromatic N) is 2. The van der Waals surface area contributed by atoms with Crippen LogP contribution in [0.15, 0.2) is 18.2 Å². The summed E-state index contributed by atoms with van der Waals surface area (Å²) in [5.41, 5.74) is 0.933. The van der Waals surface area contributed by atoms with Gasteiger partial charge in [0, 0.05) is 36.3 Å². The lowest BCUT2D eigenvalue weighted by Crippen LogP contribution is -2.45. The predicted octanol–water partition coefficient (Wildman–Crippen LogP) is 2.18. The molecule has 1 aliphatic heterocycles. The minimum atomic E-state index is -0.374. The lowest BCUT2D eigenvalue weighted by Gasteiger charge is -2.35. The van der Waals surface area contributed by atoms with Gasteiger partial charge in [0.2, 0.25) is 0 Å². The molecule has 0 aliphatic carbocycles. The van der Waals surface area contributed by atoms with Gasteiger partial charge in [0.15, 0.2) is 0 Å². The maximum Gasteiger partial charge on any atom is 0.270 e. The Labute approximate surface area is 125 Å². The molecule has 0 aromatic heterocycles. The van der Waals surface area contributed by atoms with Gasteiger partial charge in [-0.25, -0.2) is 0 Å². The second-order valence-electron chi connectivity index (χ2n) is 5.69. The largest absolute Gasteiger partial charge is 0.496 e. The van der Waals surface area contributed by atoms with Crippen LogP contribution in [0.25, 0.3) is 0 Å². The minimum absolute atomic E-state index is 0.101. The number of likely N-dealkylation sites (tertiary alicyclic amines) is 1. The van der Waals surface area contributed by atoms with Crippen molar-refractivity contribution < 1.29 is 9.66 Å². The summed E-state index contributed by atoms with van der Waals surface area (Å²) in [4.78, 5) is 12.9. The second kappa shape index (κ2) is 6.87. The van der Waals surface area contributed by atoms with E-state index in [2.05, 4.69) is 24.2 Å². The van der Waals surface area contributed by atoms with Crippen molar-refractivity contribution in [2.24, 2.45) is 0 Å². The lowest BCUT2D eigenvalue weighted by atomic mass is 9.98. The molecule has 1 fully saturated rings. The number of hydrogen-bond acceptors (Lipinski definition) is 5. The van der Waals surface area contributed by atoms with Gasteiger partial charge in [0.1, 0.15) is 5.75 Å². The summed E-state index contributed by atoms with van der Waals surface area (Å²) in [6.07, 6.45) is 2.19. The summed E-state index contributed by atoms with van der Waals surface area (Å²) in [5.74, 6) is 0.689. The van der Waals surface area contributed by atoms with Crippen LogP contribution in [-0.4, -0.2) is 42.6 Å². The van der Waals surface area contributed by atoms with Crippen molar-refractivity contribution in [3.05, 3.63) is 33.9 Å². The molecule has 6 heteroatoms. The molecule has 1 aromatic carbocycles. The first-order valence-corrected chi connectivity index (χ1v) is 7.26. The van der Waals surface area contributed by atoms with Gasteiger partial charge < -0.3 is 15.0 Å². The third kappa shape index (κ3) is 3.92. The maximum atomic E-state index is 10.9. The Kier molecular flexibility index (Phi) is 5.14. The molecule has 0 amide bonds. The highest BCUT2D eigenvalue weighted by Gasteiger charge is 2.22. The first kappa shape index (κ1) is 15.7. The molecule has 1 N–H and O–H groups in total. The smallest absolute Gasteiger partial charge is 0.270 e. The van der Waals surface area contributed by atoms with E-state index in [1.807, 2.05) is 0 Å². The van der Waals surface area contributed by atoms with Gasteiger partial charge in [-0.1, -0.05) is 0 Å². The normalized spacial score (nSPS) is 23.0. The number of piperidine rings is 1. The number of non-ortho nitro benzene ring substituents is 1. The van der Waals surface area contributed by atoms with E-state index in [1.165, 1.54) is 6.07 Å². The second-order valence-corrected chi connectivity index (χ2v) is 5.69. The molecule has 2 atom stereocenters. The van der Waals surface area contributed by atoms with Crippen LogP contribution in [-0.2, 0) is 6.54 Å². The van der Waals surface area contributed by atoms with Crippen molar-refractivity contribution in [2.45, 2.75) is 38.4 Å². The van der Waals surface area contributed by atoms with Gasteiger partial charge in [-0.2, -0.15) is 0 Å². The summed E-state index contributed by atoms with van der Waals surface area (Å²) in [5, 5.41) is 14.4. The molecule has 2 rings (SSSR count). The lowest BCUT2D eigenvalue weighted by molar-refractivity contribution is -0.384. The number of nitro benzene ring substituents is 1. The van der Waals surface area contributed by atoms with Crippen LogP contribution in [0.5, 0.6) is 5.75 Å². The van der Waals surface area contributed by atoms with Crippen LogP contribution in [0.1, 0.15) is 25.3 Å². The zero-order chi connectivity index (χ0) is 15.4. The molecule has 0 saturated carbocycles. The number of methoxy groups -OCH3 is 1. The first-order valence-electron chi connectivity index (χ1n) is 7.26. The van der Waals surface area contributed by atoms with E-state index in [4.69, 9.17) is 4.74 Å². The van der Waals surface area contributed by atoms with Crippen LogP contribution in [0.3, 0.4) is 0 Å². The summed E-state index contributed by atoms with van der Waals surface area (Å²) < 4.78 is 5.29. The summed E-state index contributed by atoms with van der Waals surface area (Å²) in [7, 11) is 3.73. The van der Waals surface area contributed by atoms with Crippen LogP contribution in [0.2, 0.25) is 0 Å². The van der Waals surface area contributed by atoms with E-state index in [-0.39, 0.29) is 10.6 Å². The zero-order valence-corrected chi connectivity index (χ0v) is 12.8. The third-order valence-electron chi connectivity index (χ3n) is 4.26. The quantitative estimate of drug-likeness (QED) is 0.665. The summed E-state index contributed by atoms with van der Waals surface area (Å²) >= 11 is 0. The Morgan fingerprint density at radius 3 is 2.90 bits per heavy atom. The molecule has 1 aromatic rings. The highest BCUT2D eigenvalue weighted by atomic mass is 16.6. The first-order chi connectivity index (χ1) is 10.0. The van der Waals surface area contributed by atoms with E-state index in [0.717, 1.165) is 24.9 Å². The van der Waals surface area contributed by atoms with E-state index < -0.39 is 0 Å². The number of nitrogens with one attached hydrogen (secondary N) is 1. The van der Waals surface area contributed by atoms with Crippen molar-refractivity contribution >= 4 is 5.69 Å². The number of nitro groups is 1. The predicted molar refractivity (Wildman–Crippen MR) is 81.6 cm³/mol. The molecule has 1 heterocycles.